The highest BCUT2D eigenvalue weighted by atomic mass is 19.4. The van der Waals surface area contributed by atoms with Crippen LogP contribution in [-0.4, -0.2) is 34.8 Å². The standard InChI is InChI=1S/C20H20F3N3O2/c1-13-5-2-8-16(24-13)19(28)25-17(12-26-10-4-9-18(26)27)14-6-3-7-15(11-14)20(21,22)23/h2-3,5-8,11,17H,4,9-10,12H2,1H3,(H,25,28)/t17-/m0/s1. The monoisotopic (exact) mass is 391 g/mol. The molecule has 0 bridgehead atoms. The van der Waals surface area contributed by atoms with Crippen molar-refractivity contribution >= 4 is 11.8 Å². The summed E-state index contributed by atoms with van der Waals surface area (Å²) < 4.78 is 39.3. The van der Waals surface area contributed by atoms with Crippen molar-refractivity contribution in [3.05, 3.63) is 65.0 Å². The molecule has 1 aromatic carbocycles. The normalized spacial score (nSPS) is 15.6. The lowest BCUT2D eigenvalue weighted by molar-refractivity contribution is -0.137. The third kappa shape index (κ3) is 4.68. The maximum atomic E-state index is 13.1. The number of hydrogen-bond acceptors (Lipinski definition) is 3. The first-order valence-electron chi connectivity index (χ1n) is 8.93. The molecule has 1 saturated heterocycles. The Kier molecular flexibility index (Phi) is 5.67. The minimum absolute atomic E-state index is 0.0695. The van der Waals surface area contributed by atoms with E-state index in [1.54, 1.807) is 24.0 Å². The highest BCUT2D eigenvalue weighted by Crippen LogP contribution is 2.31. The minimum Gasteiger partial charge on any atom is -0.342 e. The lowest BCUT2D eigenvalue weighted by Crippen LogP contribution is -2.39. The van der Waals surface area contributed by atoms with Crippen molar-refractivity contribution in [1.29, 1.82) is 0 Å². The van der Waals surface area contributed by atoms with Gasteiger partial charge in [0.2, 0.25) is 5.91 Å². The first-order chi connectivity index (χ1) is 13.2. The predicted molar refractivity (Wildman–Crippen MR) is 96.4 cm³/mol. The molecule has 2 aromatic rings. The molecule has 1 atom stereocenters. The van der Waals surface area contributed by atoms with Crippen molar-refractivity contribution in [2.45, 2.75) is 32.0 Å². The predicted octanol–water partition coefficient (Wildman–Crippen LogP) is 3.50. The van der Waals surface area contributed by atoms with Gasteiger partial charge >= 0.3 is 6.18 Å². The van der Waals surface area contributed by atoms with E-state index in [-0.39, 0.29) is 23.7 Å². The minimum atomic E-state index is -4.49. The number of rotatable bonds is 5. The highest BCUT2D eigenvalue weighted by Gasteiger charge is 2.32. The Hall–Kier alpha value is -2.90. The van der Waals surface area contributed by atoms with Gasteiger partial charge in [-0.1, -0.05) is 18.2 Å². The average Bonchev–Trinajstić information content (AvgIpc) is 3.05. The summed E-state index contributed by atoms with van der Waals surface area (Å²) in [6.45, 7) is 2.37. The number of aryl methyl sites for hydroxylation is 1. The molecule has 2 heterocycles. The molecule has 1 fully saturated rings. The summed E-state index contributed by atoms with van der Waals surface area (Å²) in [7, 11) is 0. The summed E-state index contributed by atoms with van der Waals surface area (Å²) in [5, 5.41) is 2.74. The number of pyridine rings is 1. The number of benzene rings is 1. The molecular weight excluding hydrogens is 371 g/mol. The summed E-state index contributed by atoms with van der Waals surface area (Å²) in [4.78, 5) is 30.3. The molecule has 1 aliphatic heterocycles. The van der Waals surface area contributed by atoms with Crippen molar-refractivity contribution in [2.24, 2.45) is 0 Å². The summed E-state index contributed by atoms with van der Waals surface area (Å²) >= 11 is 0. The molecule has 1 N–H and O–H groups in total. The Morgan fingerprint density at radius 3 is 2.64 bits per heavy atom. The molecule has 3 rings (SSSR count). The third-order valence-electron chi connectivity index (χ3n) is 4.62. The molecule has 8 heteroatoms. The summed E-state index contributed by atoms with van der Waals surface area (Å²) in [5.74, 6) is -0.572. The van der Waals surface area contributed by atoms with Crippen LogP contribution in [0.15, 0.2) is 42.5 Å². The zero-order chi connectivity index (χ0) is 20.3. The first-order valence-corrected chi connectivity index (χ1v) is 8.93. The molecule has 2 amide bonds. The average molecular weight is 391 g/mol. The Labute approximate surface area is 160 Å². The fourth-order valence-corrected chi connectivity index (χ4v) is 3.19. The summed E-state index contributed by atoms with van der Waals surface area (Å²) in [6.07, 6.45) is -3.39. The van der Waals surface area contributed by atoms with Gasteiger partial charge in [0, 0.05) is 25.2 Å². The third-order valence-corrected chi connectivity index (χ3v) is 4.62. The first kappa shape index (κ1) is 19.9. The zero-order valence-electron chi connectivity index (χ0n) is 15.3. The molecule has 0 saturated carbocycles. The van der Waals surface area contributed by atoms with Gasteiger partial charge in [0.05, 0.1) is 11.6 Å². The Bertz CT molecular complexity index is 883. The second kappa shape index (κ2) is 8.00. The van der Waals surface area contributed by atoms with Crippen LogP contribution in [-0.2, 0) is 11.0 Å². The molecule has 0 radical (unpaired) electrons. The molecule has 1 aromatic heterocycles. The van der Waals surface area contributed by atoms with Crippen molar-refractivity contribution < 1.29 is 22.8 Å². The number of amides is 2. The van der Waals surface area contributed by atoms with Crippen LogP contribution >= 0.6 is 0 Å². The number of likely N-dealkylation sites (tertiary alicyclic amines) is 1. The van der Waals surface area contributed by atoms with E-state index in [4.69, 9.17) is 0 Å². The molecule has 28 heavy (non-hydrogen) atoms. The number of carbonyl (C=O) groups excluding carboxylic acids is 2. The van der Waals surface area contributed by atoms with Crippen molar-refractivity contribution in [3.8, 4) is 0 Å². The van der Waals surface area contributed by atoms with Crippen LogP contribution in [0.3, 0.4) is 0 Å². The second-order valence-electron chi connectivity index (χ2n) is 6.76. The molecular formula is C20H20F3N3O2. The number of halogens is 3. The second-order valence-corrected chi connectivity index (χ2v) is 6.76. The Morgan fingerprint density at radius 2 is 2.00 bits per heavy atom. The molecule has 148 valence electrons. The molecule has 5 nitrogen and oxygen atoms in total. The number of alkyl halides is 3. The Morgan fingerprint density at radius 1 is 1.25 bits per heavy atom. The fourth-order valence-electron chi connectivity index (χ4n) is 3.19. The van der Waals surface area contributed by atoms with Crippen LogP contribution in [0.4, 0.5) is 13.2 Å². The maximum absolute atomic E-state index is 13.1. The Balaban J connectivity index is 1.89. The van der Waals surface area contributed by atoms with Gasteiger partial charge in [-0.05, 0) is 43.2 Å². The summed E-state index contributed by atoms with van der Waals surface area (Å²) in [5.41, 5.74) is 0.309. The maximum Gasteiger partial charge on any atom is 0.416 e. The molecule has 0 spiro atoms. The molecule has 0 aliphatic carbocycles. The van der Waals surface area contributed by atoms with Crippen LogP contribution < -0.4 is 5.32 Å². The van der Waals surface area contributed by atoms with Gasteiger partial charge in [-0.2, -0.15) is 13.2 Å². The van der Waals surface area contributed by atoms with Gasteiger partial charge in [-0.15, -0.1) is 0 Å². The van der Waals surface area contributed by atoms with E-state index in [1.807, 2.05) is 0 Å². The number of hydrogen-bond donors (Lipinski definition) is 1. The van der Waals surface area contributed by atoms with Crippen LogP contribution in [0, 0.1) is 6.92 Å². The van der Waals surface area contributed by atoms with E-state index in [0.717, 1.165) is 12.1 Å². The zero-order valence-corrected chi connectivity index (χ0v) is 15.3. The highest BCUT2D eigenvalue weighted by molar-refractivity contribution is 5.92. The number of carbonyl (C=O) groups is 2. The van der Waals surface area contributed by atoms with Crippen molar-refractivity contribution in [1.82, 2.24) is 15.2 Å². The van der Waals surface area contributed by atoms with Crippen LogP contribution in [0.1, 0.15) is 46.2 Å². The van der Waals surface area contributed by atoms with Crippen LogP contribution in [0.25, 0.3) is 0 Å². The smallest absolute Gasteiger partial charge is 0.342 e. The number of aromatic nitrogens is 1. The van der Waals surface area contributed by atoms with E-state index >= 15 is 0 Å². The lowest BCUT2D eigenvalue weighted by Gasteiger charge is -2.25. The van der Waals surface area contributed by atoms with E-state index in [0.29, 0.717) is 25.1 Å². The van der Waals surface area contributed by atoms with Gasteiger partial charge in [-0.25, -0.2) is 4.98 Å². The van der Waals surface area contributed by atoms with Gasteiger partial charge < -0.3 is 10.2 Å². The fraction of sp³-hybridized carbons (Fsp3) is 0.350. The quantitative estimate of drug-likeness (QED) is 0.849. The lowest BCUT2D eigenvalue weighted by atomic mass is 10.0. The largest absolute Gasteiger partial charge is 0.416 e. The SMILES string of the molecule is Cc1cccc(C(=O)N[C@@H](CN2CCCC2=O)c2cccc(C(F)(F)F)c2)n1. The number of nitrogens with one attached hydrogen (secondary N) is 1. The summed E-state index contributed by atoms with van der Waals surface area (Å²) in [6, 6.07) is 8.98. The molecule has 1 aliphatic rings. The van der Waals surface area contributed by atoms with Crippen molar-refractivity contribution in [2.75, 3.05) is 13.1 Å². The van der Waals surface area contributed by atoms with Gasteiger partial charge in [0.15, 0.2) is 0 Å². The van der Waals surface area contributed by atoms with E-state index in [9.17, 15) is 22.8 Å². The molecule has 0 unspecified atom stereocenters. The van der Waals surface area contributed by atoms with Gasteiger partial charge in [0.1, 0.15) is 5.69 Å². The van der Waals surface area contributed by atoms with E-state index in [1.165, 1.54) is 18.2 Å². The number of nitrogens with zero attached hydrogens (tertiary/aromatic N) is 2. The van der Waals surface area contributed by atoms with Crippen LogP contribution in [0.5, 0.6) is 0 Å². The van der Waals surface area contributed by atoms with Gasteiger partial charge in [-0.3, -0.25) is 9.59 Å². The van der Waals surface area contributed by atoms with Crippen molar-refractivity contribution in [3.63, 3.8) is 0 Å². The van der Waals surface area contributed by atoms with E-state index < -0.39 is 23.7 Å². The van der Waals surface area contributed by atoms with E-state index in [2.05, 4.69) is 10.3 Å². The van der Waals surface area contributed by atoms with Crippen LogP contribution in [0.2, 0.25) is 0 Å². The topological polar surface area (TPSA) is 62.3 Å². The van der Waals surface area contributed by atoms with Gasteiger partial charge in [0.25, 0.3) is 5.91 Å².